The van der Waals surface area contributed by atoms with Crippen LogP contribution in [0.25, 0.3) is 0 Å². The van der Waals surface area contributed by atoms with Crippen LogP contribution in [0.15, 0.2) is 42.5 Å². The predicted molar refractivity (Wildman–Crippen MR) is 114 cm³/mol. The van der Waals surface area contributed by atoms with Gasteiger partial charge in [0.15, 0.2) is 5.11 Å². The van der Waals surface area contributed by atoms with Crippen LogP contribution in [-0.2, 0) is 0 Å². The molecule has 2 aromatic carbocycles. The maximum atomic E-state index is 12.4. The summed E-state index contributed by atoms with van der Waals surface area (Å²) in [6.07, 6.45) is -0.808. The number of rotatable bonds is 5. The summed E-state index contributed by atoms with van der Waals surface area (Å²) in [5.41, 5.74) is 2.01. The number of benzene rings is 2. The first-order valence-corrected chi connectivity index (χ1v) is 9.48. The number of halogens is 4. The van der Waals surface area contributed by atoms with Gasteiger partial charge in [-0.3, -0.25) is 4.79 Å². The predicted octanol–water partition coefficient (Wildman–Crippen LogP) is 5.15. The van der Waals surface area contributed by atoms with Crippen molar-refractivity contribution < 1.29 is 4.79 Å². The molecule has 4 nitrogen and oxygen atoms in total. The molecule has 1 atom stereocenters. The van der Waals surface area contributed by atoms with E-state index < -0.39 is 11.0 Å². The first kappa shape index (κ1) is 21.1. The van der Waals surface area contributed by atoms with Gasteiger partial charge in [-0.2, -0.15) is 0 Å². The zero-order valence-corrected chi connectivity index (χ0v) is 17.4. The van der Waals surface area contributed by atoms with Crippen LogP contribution < -0.4 is 16.0 Å². The van der Waals surface area contributed by atoms with Crippen molar-refractivity contribution in [2.75, 3.05) is 5.32 Å². The van der Waals surface area contributed by atoms with Gasteiger partial charge in [0.1, 0.15) is 11.0 Å². The van der Waals surface area contributed by atoms with Crippen LogP contribution in [0.5, 0.6) is 0 Å². The van der Waals surface area contributed by atoms with Crippen LogP contribution in [0.3, 0.4) is 0 Å². The minimum absolute atomic E-state index is 0.190. The lowest BCUT2D eigenvalue weighted by molar-refractivity contribution is 0.0936. The second-order valence-electron chi connectivity index (χ2n) is 5.38. The van der Waals surface area contributed by atoms with Gasteiger partial charge in [0.2, 0.25) is 0 Å². The lowest BCUT2D eigenvalue weighted by Crippen LogP contribution is -2.52. The van der Waals surface area contributed by atoms with Crippen molar-refractivity contribution in [1.29, 1.82) is 0 Å². The van der Waals surface area contributed by atoms with Gasteiger partial charge in [-0.05, 0) is 49.5 Å². The molecule has 2 rings (SSSR count). The molecule has 26 heavy (non-hydrogen) atoms. The van der Waals surface area contributed by atoms with Crippen LogP contribution in [0.1, 0.15) is 15.9 Å². The van der Waals surface area contributed by atoms with Gasteiger partial charge >= 0.3 is 0 Å². The average molecular weight is 451 g/mol. The highest BCUT2D eigenvalue weighted by Crippen LogP contribution is 2.25. The van der Waals surface area contributed by atoms with E-state index in [9.17, 15) is 4.79 Å². The topological polar surface area (TPSA) is 53.2 Å². The van der Waals surface area contributed by atoms with Crippen molar-refractivity contribution in [3.05, 3.63) is 63.6 Å². The zero-order chi connectivity index (χ0) is 19.3. The third kappa shape index (κ3) is 6.18. The Balaban J connectivity index is 2.03. The standard InChI is InChI=1S/C17H15Cl4N3OS/c1-9-3-2-4-10(7-9)16(25)23-15(14(20)21)24-17(26)22-13-6-5-11(18)8-12(13)19/h2-8,14-15H,1H3,(H,23,25)(H2,22,24,26)/t15-/m1/s1. The molecular weight excluding hydrogens is 436 g/mol. The van der Waals surface area contributed by atoms with Gasteiger partial charge in [-0.15, -0.1) is 23.2 Å². The van der Waals surface area contributed by atoms with Crippen molar-refractivity contribution in [2.24, 2.45) is 0 Å². The molecular formula is C17H15Cl4N3OS. The summed E-state index contributed by atoms with van der Waals surface area (Å²) in [4.78, 5) is 11.4. The molecule has 0 aliphatic rings. The Kier molecular flexibility index (Phi) is 7.80. The Morgan fingerprint density at radius 3 is 2.42 bits per heavy atom. The molecule has 3 N–H and O–H groups in total. The summed E-state index contributed by atoms with van der Waals surface area (Å²) < 4.78 is 0. The lowest BCUT2D eigenvalue weighted by Gasteiger charge is -2.23. The van der Waals surface area contributed by atoms with Crippen LogP contribution in [0, 0.1) is 6.92 Å². The van der Waals surface area contributed by atoms with E-state index in [1.807, 2.05) is 13.0 Å². The van der Waals surface area contributed by atoms with Gasteiger partial charge in [0.05, 0.1) is 10.7 Å². The summed E-state index contributed by atoms with van der Waals surface area (Å²) in [6, 6.07) is 12.1. The van der Waals surface area contributed by atoms with Crippen molar-refractivity contribution >= 4 is 75.3 Å². The largest absolute Gasteiger partial charge is 0.340 e. The minimum atomic E-state index is -0.941. The van der Waals surface area contributed by atoms with Crippen LogP contribution >= 0.6 is 58.6 Å². The molecule has 0 aliphatic heterocycles. The molecule has 0 heterocycles. The molecule has 0 bridgehead atoms. The van der Waals surface area contributed by atoms with Gasteiger partial charge in [0, 0.05) is 10.6 Å². The number of alkyl halides is 2. The number of carbonyl (C=O) groups is 1. The van der Waals surface area contributed by atoms with E-state index in [1.165, 1.54) is 0 Å². The van der Waals surface area contributed by atoms with E-state index in [0.29, 0.717) is 21.3 Å². The smallest absolute Gasteiger partial charge is 0.252 e. The Morgan fingerprint density at radius 1 is 1.08 bits per heavy atom. The van der Waals surface area contributed by atoms with Gasteiger partial charge in [-0.25, -0.2) is 0 Å². The monoisotopic (exact) mass is 449 g/mol. The highest BCUT2D eigenvalue weighted by molar-refractivity contribution is 7.80. The number of aryl methyl sites for hydroxylation is 1. The Hall–Kier alpha value is -1.24. The van der Waals surface area contributed by atoms with E-state index in [2.05, 4.69) is 16.0 Å². The van der Waals surface area contributed by atoms with Crippen LogP contribution in [-0.4, -0.2) is 22.0 Å². The van der Waals surface area contributed by atoms with Crippen molar-refractivity contribution in [1.82, 2.24) is 10.6 Å². The summed E-state index contributed by atoms with van der Waals surface area (Å²) in [6.45, 7) is 1.90. The third-order valence-corrected chi connectivity index (χ3v) is 4.56. The molecule has 2 aromatic rings. The Bertz CT molecular complexity index is 816. The van der Waals surface area contributed by atoms with E-state index in [-0.39, 0.29) is 11.0 Å². The number of hydrogen-bond donors (Lipinski definition) is 3. The molecule has 0 unspecified atom stereocenters. The third-order valence-electron chi connectivity index (χ3n) is 3.28. The Labute approximate surface area is 177 Å². The maximum absolute atomic E-state index is 12.4. The van der Waals surface area contributed by atoms with E-state index >= 15 is 0 Å². The molecule has 1 amide bonds. The molecule has 0 aromatic heterocycles. The number of nitrogens with one attached hydrogen (secondary N) is 3. The average Bonchev–Trinajstić information content (AvgIpc) is 2.56. The number of amides is 1. The van der Waals surface area contributed by atoms with Crippen molar-refractivity contribution in [3.8, 4) is 0 Å². The number of anilines is 1. The SMILES string of the molecule is Cc1cccc(C(=O)N[C@H](NC(=S)Nc2ccc(Cl)cc2Cl)C(Cl)Cl)c1. The number of hydrogen-bond acceptors (Lipinski definition) is 2. The molecule has 0 saturated carbocycles. The highest BCUT2D eigenvalue weighted by atomic mass is 35.5. The van der Waals surface area contributed by atoms with Gasteiger partial charge in [0.25, 0.3) is 5.91 Å². The second kappa shape index (κ2) is 9.62. The van der Waals surface area contributed by atoms with Gasteiger partial charge < -0.3 is 16.0 Å². The fourth-order valence-electron chi connectivity index (χ4n) is 2.06. The zero-order valence-electron chi connectivity index (χ0n) is 13.5. The van der Waals surface area contributed by atoms with Crippen molar-refractivity contribution in [2.45, 2.75) is 17.9 Å². The molecule has 0 fully saturated rings. The summed E-state index contributed by atoms with van der Waals surface area (Å²) in [5, 5.41) is 9.56. The first-order valence-electron chi connectivity index (χ1n) is 7.44. The van der Waals surface area contributed by atoms with Crippen molar-refractivity contribution in [3.63, 3.8) is 0 Å². The molecule has 138 valence electrons. The normalized spacial score (nSPS) is 11.8. The molecule has 0 spiro atoms. The molecule has 0 aliphatic carbocycles. The summed E-state index contributed by atoms with van der Waals surface area (Å²) in [5.74, 6) is -0.329. The van der Waals surface area contributed by atoms with E-state index in [4.69, 9.17) is 58.6 Å². The second-order valence-corrected chi connectivity index (χ2v) is 7.79. The fourth-order valence-corrected chi connectivity index (χ4v) is 3.01. The van der Waals surface area contributed by atoms with Crippen LogP contribution in [0.2, 0.25) is 10.0 Å². The number of carbonyl (C=O) groups excluding carboxylic acids is 1. The first-order chi connectivity index (χ1) is 12.3. The summed E-state index contributed by atoms with van der Waals surface area (Å²) >= 11 is 29.1. The lowest BCUT2D eigenvalue weighted by atomic mass is 10.1. The van der Waals surface area contributed by atoms with Crippen LogP contribution in [0.4, 0.5) is 5.69 Å². The Morgan fingerprint density at radius 2 is 1.81 bits per heavy atom. The summed E-state index contributed by atoms with van der Waals surface area (Å²) in [7, 11) is 0. The van der Waals surface area contributed by atoms with E-state index in [0.717, 1.165) is 5.56 Å². The van der Waals surface area contributed by atoms with E-state index in [1.54, 1.807) is 36.4 Å². The fraction of sp³-hybridized carbons (Fsp3) is 0.176. The quantitative estimate of drug-likeness (QED) is 0.335. The molecule has 0 radical (unpaired) electrons. The number of thiocarbonyl (C=S) groups is 1. The minimum Gasteiger partial charge on any atom is -0.340 e. The molecule has 0 saturated heterocycles. The molecule has 9 heteroatoms. The maximum Gasteiger partial charge on any atom is 0.252 e. The highest BCUT2D eigenvalue weighted by Gasteiger charge is 2.21. The van der Waals surface area contributed by atoms with Gasteiger partial charge in [-0.1, -0.05) is 40.9 Å².